The molecule has 0 aliphatic heterocycles. The summed E-state index contributed by atoms with van der Waals surface area (Å²) in [5, 5.41) is 3.09. The fourth-order valence-corrected chi connectivity index (χ4v) is 3.08. The van der Waals surface area contributed by atoms with E-state index in [4.69, 9.17) is 0 Å². The number of sulfonamides is 1. The molecule has 0 saturated carbocycles. The van der Waals surface area contributed by atoms with Gasteiger partial charge in [-0.05, 0) is 51.1 Å². The third-order valence-electron chi connectivity index (χ3n) is 3.24. The van der Waals surface area contributed by atoms with E-state index >= 15 is 0 Å². The van der Waals surface area contributed by atoms with Crippen LogP contribution >= 0.6 is 0 Å². The maximum atomic E-state index is 11.9. The Morgan fingerprint density at radius 2 is 1.62 bits per heavy atom. The average molecular weight is 313 g/mol. The van der Waals surface area contributed by atoms with Crippen LogP contribution in [0.3, 0.4) is 0 Å². The van der Waals surface area contributed by atoms with Crippen LogP contribution in [-0.2, 0) is 10.0 Å². The quantitative estimate of drug-likeness (QED) is 0.651. The van der Waals surface area contributed by atoms with Gasteiger partial charge in [0.1, 0.15) is 0 Å². The fourth-order valence-electron chi connectivity index (χ4n) is 2.07. The van der Waals surface area contributed by atoms with Crippen LogP contribution in [0, 0.1) is 0 Å². The summed E-state index contributed by atoms with van der Waals surface area (Å²) in [6, 6.07) is 7.51. The summed E-state index contributed by atoms with van der Waals surface area (Å²) in [4.78, 5) is 2.22. The molecule has 0 unspecified atom stereocenters. The first-order chi connectivity index (χ1) is 10.0. The van der Waals surface area contributed by atoms with Crippen molar-refractivity contribution < 1.29 is 8.42 Å². The molecule has 0 bridgehead atoms. The molecule has 0 amide bonds. The minimum atomic E-state index is -3.29. The van der Waals surface area contributed by atoms with Gasteiger partial charge in [-0.3, -0.25) is 4.72 Å². The van der Waals surface area contributed by atoms with E-state index in [9.17, 15) is 8.42 Å². The second-order valence-corrected chi connectivity index (χ2v) is 6.73. The summed E-state index contributed by atoms with van der Waals surface area (Å²) in [6.07, 6.45) is 1.00. The molecule has 0 atom stereocenters. The molecule has 1 rings (SSSR count). The molecule has 0 aliphatic carbocycles. The molecule has 1 aromatic rings. The molecule has 0 saturated heterocycles. The number of nitrogens with zero attached hydrogens (tertiary/aromatic N) is 1. The summed E-state index contributed by atoms with van der Waals surface area (Å²) in [5.74, 6) is 0.0881. The van der Waals surface area contributed by atoms with Crippen molar-refractivity contribution in [2.45, 2.75) is 27.2 Å². The van der Waals surface area contributed by atoms with Crippen molar-refractivity contribution in [3.63, 3.8) is 0 Å². The molecular formula is C15H27N3O2S. The number of hydrogen-bond donors (Lipinski definition) is 2. The molecule has 5 nitrogen and oxygen atoms in total. The van der Waals surface area contributed by atoms with Crippen molar-refractivity contribution in [1.82, 2.24) is 5.32 Å². The number of nitrogens with one attached hydrogen (secondary N) is 2. The van der Waals surface area contributed by atoms with Crippen LogP contribution < -0.4 is 14.9 Å². The van der Waals surface area contributed by atoms with Crippen molar-refractivity contribution in [3.8, 4) is 0 Å². The van der Waals surface area contributed by atoms with E-state index in [0.717, 1.165) is 31.7 Å². The number of hydrogen-bond acceptors (Lipinski definition) is 4. The van der Waals surface area contributed by atoms with E-state index in [1.54, 1.807) is 0 Å². The predicted molar refractivity (Wildman–Crippen MR) is 90.6 cm³/mol. The fraction of sp³-hybridized carbons (Fsp3) is 0.600. The highest BCUT2D eigenvalue weighted by atomic mass is 32.2. The second-order valence-electron chi connectivity index (χ2n) is 4.89. The minimum absolute atomic E-state index is 0.0881. The molecule has 2 N–H and O–H groups in total. The van der Waals surface area contributed by atoms with Crippen LogP contribution in [0.1, 0.15) is 27.2 Å². The zero-order valence-electron chi connectivity index (χ0n) is 13.2. The Morgan fingerprint density at radius 3 is 2.14 bits per heavy atom. The molecule has 6 heteroatoms. The first-order valence-electron chi connectivity index (χ1n) is 7.58. The lowest BCUT2D eigenvalue weighted by Crippen LogP contribution is -2.27. The summed E-state index contributed by atoms with van der Waals surface area (Å²) in [7, 11) is -3.29. The summed E-state index contributed by atoms with van der Waals surface area (Å²) in [5.41, 5.74) is 1.72. The Balaban J connectivity index is 2.58. The minimum Gasteiger partial charge on any atom is -0.372 e. The van der Waals surface area contributed by atoms with Gasteiger partial charge in [0.2, 0.25) is 10.0 Å². The van der Waals surface area contributed by atoms with Gasteiger partial charge in [0.15, 0.2) is 0 Å². The van der Waals surface area contributed by atoms with E-state index in [2.05, 4.69) is 35.7 Å². The molecule has 0 aliphatic rings. The maximum Gasteiger partial charge on any atom is 0.233 e. The first-order valence-corrected chi connectivity index (χ1v) is 9.23. The molecule has 0 fully saturated rings. The van der Waals surface area contributed by atoms with Crippen molar-refractivity contribution in [3.05, 3.63) is 24.3 Å². The highest BCUT2D eigenvalue weighted by Gasteiger charge is 2.10. The largest absolute Gasteiger partial charge is 0.372 e. The maximum absolute atomic E-state index is 11.9. The molecule has 120 valence electrons. The molecule has 0 heterocycles. The SMILES string of the molecule is CCCNCCS(=O)(=O)Nc1ccc(N(CC)CC)cc1. The average Bonchev–Trinajstić information content (AvgIpc) is 2.46. The van der Waals surface area contributed by atoms with Crippen LogP contribution in [0.15, 0.2) is 24.3 Å². The molecule has 0 aromatic heterocycles. The highest BCUT2D eigenvalue weighted by molar-refractivity contribution is 7.92. The van der Waals surface area contributed by atoms with Gasteiger partial charge in [0.05, 0.1) is 5.75 Å². The summed E-state index contributed by atoms with van der Waals surface area (Å²) in [6.45, 7) is 9.44. The van der Waals surface area contributed by atoms with Gasteiger partial charge in [-0.2, -0.15) is 0 Å². The van der Waals surface area contributed by atoms with Gasteiger partial charge in [-0.25, -0.2) is 8.42 Å². The summed E-state index contributed by atoms with van der Waals surface area (Å²) >= 11 is 0. The second kappa shape index (κ2) is 8.89. The lowest BCUT2D eigenvalue weighted by Gasteiger charge is -2.21. The van der Waals surface area contributed by atoms with Crippen LogP contribution in [0.25, 0.3) is 0 Å². The zero-order chi connectivity index (χ0) is 15.7. The van der Waals surface area contributed by atoms with Crippen LogP contribution in [-0.4, -0.2) is 40.3 Å². The molecule has 1 aromatic carbocycles. The van der Waals surface area contributed by atoms with Crippen LogP contribution in [0.4, 0.5) is 11.4 Å². The highest BCUT2D eigenvalue weighted by Crippen LogP contribution is 2.18. The van der Waals surface area contributed by atoms with Crippen molar-refractivity contribution >= 4 is 21.4 Å². The lowest BCUT2D eigenvalue weighted by atomic mass is 10.2. The topological polar surface area (TPSA) is 61.4 Å². The Hall–Kier alpha value is -1.27. The molecule has 0 spiro atoms. The van der Waals surface area contributed by atoms with E-state index in [-0.39, 0.29) is 5.75 Å². The smallest absolute Gasteiger partial charge is 0.233 e. The molecule has 0 radical (unpaired) electrons. The van der Waals surface area contributed by atoms with Gasteiger partial charge >= 0.3 is 0 Å². The Bertz CT molecular complexity index is 496. The Labute approximate surface area is 128 Å². The first kappa shape index (κ1) is 17.8. The number of rotatable bonds is 10. The number of anilines is 2. The van der Waals surface area contributed by atoms with Gasteiger partial charge in [-0.1, -0.05) is 6.92 Å². The third-order valence-corrected chi connectivity index (χ3v) is 4.53. The zero-order valence-corrected chi connectivity index (χ0v) is 14.0. The van der Waals surface area contributed by atoms with E-state index in [0.29, 0.717) is 12.2 Å². The molecule has 21 heavy (non-hydrogen) atoms. The number of benzene rings is 1. The standard InChI is InChI=1S/C15H27N3O2S/c1-4-11-16-12-13-21(19,20)17-14-7-9-15(10-8-14)18(5-2)6-3/h7-10,16-17H,4-6,11-13H2,1-3H3. The van der Waals surface area contributed by atoms with Gasteiger partial charge in [-0.15, -0.1) is 0 Å². The van der Waals surface area contributed by atoms with Gasteiger partial charge in [0.25, 0.3) is 0 Å². The summed E-state index contributed by atoms with van der Waals surface area (Å²) < 4.78 is 26.5. The molecular weight excluding hydrogens is 286 g/mol. The van der Waals surface area contributed by atoms with E-state index < -0.39 is 10.0 Å². The predicted octanol–water partition coefficient (Wildman–Crippen LogP) is 2.27. The van der Waals surface area contributed by atoms with Gasteiger partial charge in [0, 0.05) is 31.0 Å². The Kier molecular flexibility index (Phi) is 7.53. The van der Waals surface area contributed by atoms with Gasteiger partial charge < -0.3 is 10.2 Å². The monoisotopic (exact) mass is 313 g/mol. The van der Waals surface area contributed by atoms with Crippen molar-refractivity contribution in [1.29, 1.82) is 0 Å². The van der Waals surface area contributed by atoms with Crippen molar-refractivity contribution in [2.75, 3.05) is 41.6 Å². The van der Waals surface area contributed by atoms with Crippen LogP contribution in [0.2, 0.25) is 0 Å². The van der Waals surface area contributed by atoms with Crippen LogP contribution in [0.5, 0.6) is 0 Å². The normalized spacial score (nSPS) is 11.4. The Morgan fingerprint density at radius 1 is 1.00 bits per heavy atom. The third kappa shape index (κ3) is 6.35. The van der Waals surface area contributed by atoms with E-state index in [1.165, 1.54) is 0 Å². The van der Waals surface area contributed by atoms with E-state index in [1.807, 2.05) is 24.3 Å². The van der Waals surface area contributed by atoms with Crippen molar-refractivity contribution in [2.24, 2.45) is 0 Å². The lowest BCUT2D eigenvalue weighted by molar-refractivity contribution is 0.595.